The number of para-hydroxylation sites is 1. The Morgan fingerprint density at radius 3 is 2.65 bits per heavy atom. The number of hydrogen-bond acceptors (Lipinski definition) is 4. The van der Waals surface area contributed by atoms with Gasteiger partial charge in [0.15, 0.2) is 11.4 Å². The fraction of sp³-hybridized carbons (Fsp3) is 0.389. The lowest BCUT2D eigenvalue weighted by Gasteiger charge is -2.15. The van der Waals surface area contributed by atoms with Gasteiger partial charge in [-0.25, -0.2) is 4.98 Å². The Hall–Kier alpha value is -2.61. The Morgan fingerprint density at radius 2 is 2.00 bits per heavy atom. The molecule has 1 saturated carbocycles. The zero-order chi connectivity index (χ0) is 16.2. The van der Waals surface area contributed by atoms with Crippen LogP contribution in [0.4, 0.5) is 11.5 Å². The van der Waals surface area contributed by atoms with Gasteiger partial charge in [-0.15, -0.1) is 0 Å². The van der Waals surface area contributed by atoms with E-state index in [1.165, 1.54) is 30.3 Å². The number of nitrogens with one attached hydrogen (secondary N) is 1. The summed E-state index contributed by atoms with van der Waals surface area (Å²) >= 11 is 0. The largest absolute Gasteiger partial charge is 0.339 e. The summed E-state index contributed by atoms with van der Waals surface area (Å²) in [6, 6.07) is 11.5. The molecule has 1 heterocycles. The highest BCUT2D eigenvalue weighted by atomic mass is 16.1. The molecule has 0 saturated heterocycles. The van der Waals surface area contributed by atoms with Gasteiger partial charge >= 0.3 is 0 Å². The number of nitrogens with zero attached hydrogens (tertiary/aromatic N) is 3. The van der Waals surface area contributed by atoms with Crippen LogP contribution in [0, 0.1) is 17.2 Å². The smallest absolute Gasteiger partial charge is 0.273 e. The molecule has 1 fully saturated rings. The standard InChI is InChI=1S/C18H20N4O/c1-22-16(11-13-7-5-6-8-13)21-17(15(12-19)18(22)23)20-14-9-3-2-4-10-14/h2-4,9-10,13,20H,5-8,11H2,1H3. The van der Waals surface area contributed by atoms with Gasteiger partial charge in [-0.3, -0.25) is 9.36 Å². The van der Waals surface area contributed by atoms with Crippen LogP contribution in [0.1, 0.15) is 37.1 Å². The first-order chi connectivity index (χ1) is 11.2. The second kappa shape index (κ2) is 6.66. The van der Waals surface area contributed by atoms with Crippen molar-refractivity contribution in [2.24, 2.45) is 13.0 Å². The predicted octanol–water partition coefficient (Wildman–Crippen LogP) is 3.13. The van der Waals surface area contributed by atoms with Crippen molar-refractivity contribution in [3.05, 3.63) is 52.1 Å². The lowest BCUT2D eigenvalue weighted by Crippen LogP contribution is -2.27. The molecule has 0 radical (unpaired) electrons. The molecule has 0 atom stereocenters. The summed E-state index contributed by atoms with van der Waals surface area (Å²) in [5.41, 5.74) is 0.594. The van der Waals surface area contributed by atoms with E-state index in [4.69, 9.17) is 0 Å². The lowest BCUT2D eigenvalue weighted by molar-refractivity contribution is 0.512. The van der Waals surface area contributed by atoms with Crippen molar-refractivity contribution in [3.63, 3.8) is 0 Å². The average Bonchev–Trinajstić information content (AvgIpc) is 3.07. The van der Waals surface area contributed by atoms with E-state index in [1.54, 1.807) is 7.05 Å². The van der Waals surface area contributed by atoms with E-state index in [1.807, 2.05) is 36.4 Å². The molecule has 0 amide bonds. The van der Waals surface area contributed by atoms with Crippen LogP contribution in [-0.2, 0) is 13.5 Å². The minimum atomic E-state index is -0.283. The van der Waals surface area contributed by atoms with Crippen molar-refractivity contribution in [2.75, 3.05) is 5.32 Å². The number of hydrogen-bond donors (Lipinski definition) is 1. The van der Waals surface area contributed by atoms with E-state index < -0.39 is 0 Å². The van der Waals surface area contributed by atoms with Crippen molar-refractivity contribution in [1.29, 1.82) is 5.26 Å². The molecular weight excluding hydrogens is 288 g/mol. The van der Waals surface area contributed by atoms with Gasteiger partial charge in [0.05, 0.1) is 0 Å². The molecular formula is C18H20N4O. The zero-order valence-corrected chi connectivity index (χ0v) is 13.2. The van der Waals surface area contributed by atoms with Gasteiger partial charge in [-0.2, -0.15) is 5.26 Å². The maximum Gasteiger partial charge on any atom is 0.273 e. The molecule has 1 aromatic heterocycles. The summed E-state index contributed by atoms with van der Waals surface area (Å²) in [5.74, 6) is 1.69. The first kappa shape index (κ1) is 15.3. The summed E-state index contributed by atoms with van der Waals surface area (Å²) in [5, 5.41) is 12.4. The Balaban J connectivity index is 1.98. The third-order valence-corrected chi connectivity index (χ3v) is 4.48. The minimum absolute atomic E-state index is 0.0616. The van der Waals surface area contributed by atoms with Crippen LogP contribution in [0.25, 0.3) is 0 Å². The third-order valence-electron chi connectivity index (χ3n) is 4.48. The van der Waals surface area contributed by atoms with Gasteiger partial charge in [-0.05, 0) is 18.1 Å². The fourth-order valence-corrected chi connectivity index (χ4v) is 3.15. The second-order valence-electron chi connectivity index (χ2n) is 6.07. The van der Waals surface area contributed by atoms with E-state index >= 15 is 0 Å². The quantitative estimate of drug-likeness (QED) is 0.942. The van der Waals surface area contributed by atoms with E-state index in [0.717, 1.165) is 17.9 Å². The molecule has 23 heavy (non-hydrogen) atoms. The van der Waals surface area contributed by atoms with Crippen LogP contribution in [0.2, 0.25) is 0 Å². The molecule has 0 unspecified atom stereocenters. The maximum absolute atomic E-state index is 12.5. The van der Waals surface area contributed by atoms with Crippen LogP contribution in [-0.4, -0.2) is 9.55 Å². The Labute approximate surface area is 135 Å². The number of rotatable bonds is 4. The maximum atomic E-state index is 12.5. The molecule has 0 aliphatic heterocycles. The molecule has 2 aromatic rings. The zero-order valence-electron chi connectivity index (χ0n) is 13.2. The third kappa shape index (κ3) is 3.26. The highest BCUT2D eigenvalue weighted by molar-refractivity contribution is 5.61. The molecule has 5 heteroatoms. The van der Waals surface area contributed by atoms with Crippen molar-refractivity contribution in [1.82, 2.24) is 9.55 Å². The molecule has 1 aliphatic carbocycles. The summed E-state index contributed by atoms with van der Waals surface area (Å²) in [4.78, 5) is 17.1. The summed E-state index contributed by atoms with van der Waals surface area (Å²) in [6.07, 6.45) is 5.68. The number of nitriles is 1. The molecule has 1 N–H and O–H groups in total. The van der Waals surface area contributed by atoms with Crippen molar-refractivity contribution in [2.45, 2.75) is 32.1 Å². The highest BCUT2D eigenvalue weighted by Crippen LogP contribution is 2.27. The van der Waals surface area contributed by atoms with Crippen molar-refractivity contribution >= 4 is 11.5 Å². The predicted molar refractivity (Wildman–Crippen MR) is 89.6 cm³/mol. The Morgan fingerprint density at radius 1 is 1.30 bits per heavy atom. The van der Waals surface area contributed by atoms with Crippen LogP contribution in [0.5, 0.6) is 0 Å². The first-order valence-corrected chi connectivity index (χ1v) is 8.01. The fourth-order valence-electron chi connectivity index (χ4n) is 3.15. The molecule has 1 aromatic carbocycles. The number of benzene rings is 1. The van der Waals surface area contributed by atoms with E-state index in [0.29, 0.717) is 11.7 Å². The average molecular weight is 308 g/mol. The van der Waals surface area contributed by atoms with Gasteiger partial charge in [0.1, 0.15) is 11.9 Å². The van der Waals surface area contributed by atoms with Gasteiger partial charge < -0.3 is 5.32 Å². The first-order valence-electron chi connectivity index (χ1n) is 8.01. The number of anilines is 2. The van der Waals surface area contributed by atoms with Crippen LogP contribution >= 0.6 is 0 Å². The van der Waals surface area contributed by atoms with Gasteiger partial charge in [0, 0.05) is 19.2 Å². The lowest BCUT2D eigenvalue weighted by atomic mass is 10.0. The summed E-state index contributed by atoms with van der Waals surface area (Å²) in [7, 11) is 1.70. The van der Waals surface area contributed by atoms with E-state index in [9.17, 15) is 10.1 Å². The van der Waals surface area contributed by atoms with Crippen molar-refractivity contribution < 1.29 is 0 Å². The van der Waals surface area contributed by atoms with Gasteiger partial charge in [0.25, 0.3) is 5.56 Å². The number of aromatic nitrogens is 2. The van der Waals surface area contributed by atoms with Crippen molar-refractivity contribution in [3.8, 4) is 6.07 Å². The second-order valence-corrected chi connectivity index (χ2v) is 6.07. The van der Waals surface area contributed by atoms with Gasteiger partial charge in [0.2, 0.25) is 0 Å². The Bertz CT molecular complexity index is 783. The molecule has 0 bridgehead atoms. The van der Waals surface area contributed by atoms with Gasteiger partial charge in [-0.1, -0.05) is 43.9 Å². The minimum Gasteiger partial charge on any atom is -0.339 e. The molecule has 1 aliphatic rings. The Kier molecular flexibility index (Phi) is 4.42. The SMILES string of the molecule is Cn1c(CC2CCCC2)nc(Nc2ccccc2)c(C#N)c1=O. The monoisotopic (exact) mass is 308 g/mol. The summed E-state index contributed by atoms with van der Waals surface area (Å²) in [6.45, 7) is 0. The molecule has 3 rings (SSSR count). The normalized spacial score (nSPS) is 14.6. The topological polar surface area (TPSA) is 70.7 Å². The van der Waals surface area contributed by atoms with Crippen LogP contribution < -0.4 is 10.9 Å². The van der Waals surface area contributed by atoms with E-state index in [2.05, 4.69) is 10.3 Å². The van der Waals surface area contributed by atoms with Crippen LogP contribution in [0.15, 0.2) is 35.1 Å². The molecule has 0 spiro atoms. The highest BCUT2D eigenvalue weighted by Gasteiger charge is 2.20. The molecule has 5 nitrogen and oxygen atoms in total. The van der Waals surface area contributed by atoms with E-state index in [-0.39, 0.29) is 11.1 Å². The van der Waals surface area contributed by atoms with Crippen LogP contribution in [0.3, 0.4) is 0 Å². The summed E-state index contributed by atoms with van der Waals surface area (Å²) < 4.78 is 1.52. The molecule has 118 valence electrons.